The maximum absolute atomic E-state index is 5.60. The molecule has 1 heterocycles. The van der Waals surface area contributed by atoms with Crippen molar-refractivity contribution in [3.63, 3.8) is 0 Å². The summed E-state index contributed by atoms with van der Waals surface area (Å²) in [5.74, 6) is 3.42. The summed E-state index contributed by atoms with van der Waals surface area (Å²) in [5, 5.41) is 3.67. The van der Waals surface area contributed by atoms with Crippen LogP contribution in [0.4, 0.5) is 0 Å². The molecule has 5 atom stereocenters. The molecule has 1 aliphatic heterocycles. The molecule has 100 valence electrons. The molecule has 17 heavy (non-hydrogen) atoms. The molecule has 2 rings (SSSR count). The molecule has 1 aliphatic carbocycles. The zero-order chi connectivity index (χ0) is 12.4. The summed E-state index contributed by atoms with van der Waals surface area (Å²) >= 11 is 0. The van der Waals surface area contributed by atoms with Crippen molar-refractivity contribution in [1.29, 1.82) is 0 Å². The van der Waals surface area contributed by atoms with E-state index in [9.17, 15) is 0 Å². The van der Waals surface area contributed by atoms with Crippen molar-refractivity contribution >= 4 is 9.28 Å². The number of rotatable bonds is 3. The van der Waals surface area contributed by atoms with E-state index in [0.29, 0.717) is 5.67 Å². The molecule has 1 saturated heterocycles. The van der Waals surface area contributed by atoms with Gasteiger partial charge in [-0.15, -0.1) is 0 Å². The Balaban J connectivity index is 2.07. The van der Waals surface area contributed by atoms with Crippen LogP contribution < -0.4 is 5.32 Å². The van der Waals surface area contributed by atoms with Crippen LogP contribution in [0.15, 0.2) is 0 Å². The molecule has 1 N–H and O–H groups in total. The van der Waals surface area contributed by atoms with Crippen LogP contribution in [0, 0.1) is 23.7 Å². The second-order valence-electron chi connectivity index (χ2n) is 5.96. The molecular formula is C13H27NO2Si. The number of hydrogen-bond acceptors (Lipinski definition) is 3. The van der Waals surface area contributed by atoms with E-state index in [1.54, 1.807) is 14.2 Å². The Morgan fingerprint density at radius 3 is 2.35 bits per heavy atom. The zero-order valence-corrected chi connectivity index (χ0v) is 12.8. The first-order valence-electron chi connectivity index (χ1n) is 6.96. The first kappa shape index (κ1) is 13.5. The first-order chi connectivity index (χ1) is 8.17. The molecule has 2 fully saturated rings. The summed E-state index contributed by atoms with van der Waals surface area (Å²) in [6.45, 7) is 5.96. The second-order valence-corrected chi connectivity index (χ2v) is 8.36. The summed E-state index contributed by atoms with van der Waals surface area (Å²) in [6, 6.07) is 0. The van der Waals surface area contributed by atoms with E-state index in [0.717, 1.165) is 30.2 Å². The molecule has 1 saturated carbocycles. The van der Waals surface area contributed by atoms with Gasteiger partial charge in [-0.2, -0.15) is 0 Å². The van der Waals surface area contributed by atoms with Crippen LogP contribution in [0.2, 0.25) is 0 Å². The van der Waals surface area contributed by atoms with Crippen LogP contribution in [0.1, 0.15) is 33.1 Å². The number of fused-ring (bicyclic) bond motifs is 1. The lowest BCUT2D eigenvalue weighted by Crippen LogP contribution is -2.58. The molecule has 0 aromatic carbocycles. The maximum atomic E-state index is 5.60. The van der Waals surface area contributed by atoms with Gasteiger partial charge in [-0.3, -0.25) is 0 Å². The highest BCUT2D eigenvalue weighted by atomic mass is 28.3. The van der Waals surface area contributed by atoms with Crippen molar-refractivity contribution in [2.75, 3.05) is 20.8 Å². The van der Waals surface area contributed by atoms with Gasteiger partial charge in [0, 0.05) is 14.2 Å². The third-order valence-electron chi connectivity index (χ3n) is 5.01. The highest BCUT2D eigenvalue weighted by Crippen LogP contribution is 2.42. The summed E-state index contributed by atoms with van der Waals surface area (Å²) in [4.78, 5) is 0. The molecule has 2 aliphatic rings. The van der Waals surface area contributed by atoms with E-state index in [2.05, 4.69) is 19.2 Å². The van der Waals surface area contributed by atoms with Crippen molar-refractivity contribution in [2.24, 2.45) is 23.7 Å². The van der Waals surface area contributed by atoms with Crippen molar-refractivity contribution in [3.05, 3.63) is 0 Å². The first-order valence-corrected chi connectivity index (χ1v) is 8.57. The summed E-state index contributed by atoms with van der Waals surface area (Å²) < 4.78 is 11.2. The number of hydrogen-bond donors (Lipinski definition) is 1. The van der Waals surface area contributed by atoms with Crippen molar-refractivity contribution in [2.45, 2.75) is 38.8 Å². The molecular weight excluding hydrogens is 230 g/mol. The van der Waals surface area contributed by atoms with Crippen LogP contribution in [0.3, 0.4) is 0 Å². The van der Waals surface area contributed by atoms with Crippen molar-refractivity contribution in [3.8, 4) is 0 Å². The summed E-state index contributed by atoms with van der Waals surface area (Å²) in [5.41, 5.74) is 0.513. The van der Waals surface area contributed by atoms with E-state index in [1.807, 2.05) is 0 Å². The molecule has 0 amide bonds. The van der Waals surface area contributed by atoms with Crippen molar-refractivity contribution < 1.29 is 8.85 Å². The Hall–Kier alpha value is 0.0969. The molecule has 5 unspecified atom stereocenters. The normalized spacial score (nSPS) is 42.5. The third-order valence-corrected chi connectivity index (χ3v) is 7.26. The van der Waals surface area contributed by atoms with E-state index in [4.69, 9.17) is 8.85 Å². The lowest BCUT2D eigenvalue weighted by atomic mass is 9.67. The largest absolute Gasteiger partial charge is 0.399 e. The Morgan fingerprint density at radius 2 is 1.71 bits per heavy atom. The average Bonchev–Trinajstić information content (AvgIpc) is 2.33. The summed E-state index contributed by atoms with van der Waals surface area (Å²) in [6.07, 6.45) is 4.09. The lowest BCUT2D eigenvalue weighted by Gasteiger charge is -2.47. The predicted molar refractivity (Wildman–Crippen MR) is 72.1 cm³/mol. The Kier molecular flexibility index (Phi) is 4.63. The van der Waals surface area contributed by atoms with Crippen LogP contribution in [-0.2, 0) is 8.85 Å². The lowest BCUT2D eigenvalue weighted by molar-refractivity contribution is 0.0774. The van der Waals surface area contributed by atoms with Gasteiger partial charge in [0.15, 0.2) is 0 Å². The van der Waals surface area contributed by atoms with Crippen LogP contribution in [-0.4, -0.2) is 35.7 Å². The fraction of sp³-hybridized carbons (Fsp3) is 1.00. The fourth-order valence-corrected chi connectivity index (χ4v) is 5.80. The van der Waals surface area contributed by atoms with Crippen molar-refractivity contribution in [1.82, 2.24) is 5.32 Å². The smallest absolute Gasteiger partial charge is 0.338 e. The Labute approximate surface area is 107 Å². The monoisotopic (exact) mass is 257 g/mol. The molecule has 0 bridgehead atoms. The second kappa shape index (κ2) is 5.82. The van der Waals surface area contributed by atoms with Gasteiger partial charge in [0.1, 0.15) is 0 Å². The van der Waals surface area contributed by atoms with Gasteiger partial charge < -0.3 is 14.2 Å². The molecule has 0 aromatic heterocycles. The maximum Gasteiger partial charge on any atom is 0.338 e. The minimum atomic E-state index is -1.53. The van der Waals surface area contributed by atoms with Crippen LogP contribution in [0.5, 0.6) is 0 Å². The third kappa shape index (κ3) is 2.75. The van der Waals surface area contributed by atoms with Crippen LogP contribution in [0.25, 0.3) is 0 Å². The zero-order valence-electron chi connectivity index (χ0n) is 11.6. The van der Waals surface area contributed by atoms with Gasteiger partial charge in [-0.1, -0.05) is 13.8 Å². The van der Waals surface area contributed by atoms with Crippen LogP contribution >= 0.6 is 0 Å². The highest BCUT2D eigenvalue weighted by Gasteiger charge is 2.43. The molecule has 3 nitrogen and oxygen atoms in total. The van der Waals surface area contributed by atoms with Gasteiger partial charge >= 0.3 is 9.28 Å². The summed E-state index contributed by atoms with van der Waals surface area (Å²) in [7, 11) is 2.09. The minimum absolute atomic E-state index is 0.513. The van der Waals surface area contributed by atoms with Gasteiger partial charge in [0.05, 0.1) is 5.67 Å². The topological polar surface area (TPSA) is 30.5 Å². The molecule has 0 spiro atoms. The molecule has 4 heteroatoms. The van der Waals surface area contributed by atoms with Gasteiger partial charge in [0.25, 0.3) is 0 Å². The molecule has 0 radical (unpaired) electrons. The van der Waals surface area contributed by atoms with E-state index in [-0.39, 0.29) is 0 Å². The standard InChI is InChI=1S/C13H27NO2Si/c1-9-7-11-5-6-14-13(17(15-3)16-4)12(11)8-10(9)2/h9-14,17H,5-8H2,1-4H3. The molecule has 0 aromatic rings. The average molecular weight is 257 g/mol. The van der Waals surface area contributed by atoms with E-state index < -0.39 is 9.28 Å². The van der Waals surface area contributed by atoms with Gasteiger partial charge in [-0.05, 0) is 49.5 Å². The Bertz CT molecular complexity index is 248. The van der Waals surface area contributed by atoms with Gasteiger partial charge in [-0.25, -0.2) is 0 Å². The quantitative estimate of drug-likeness (QED) is 0.781. The SMILES string of the molecule is CO[SiH](OC)C1NCCC2CC(C)C(C)CC21. The van der Waals surface area contributed by atoms with E-state index in [1.165, 1.54) is 19.3 Å². The Morgan fingerprint density at radius 1 is 1.06 bits per heavy atom. The fourth-order valence-electron chi connectivity index (χ4n) is 3.78. The predicted octanol–water partition coefficient (Wildman–Crippen LogP) is 1.70. The van der Waals surface area contributed by atoms with E-state index >= 15 is 0 Å². The van der Waals surface area contributed by atoms with Gasteiger partial charge in [0.2, 0.25) is 0 Å². The number of nitrogens with one attached hydrogen (secondary N) is 1. The highest BCUT2D eigenvalue weighted by molar-refractivity contribution is 6.46. The number of piperidine rings is 1. The minimum Gasteiger partial charge on any atom is -0.399 e.